The van der Waals surface area contributed by atoms with Gasteiger partial charge in [0.1, 0.15) is 9.79 Å². The predicted molar refractivity (Wildman–Crippen MR) is 155 cm³/mol. The van der Waals surface area contributed by atoms with Gasteiger partial charge in [-0.15, -0.1) is 0 Å². The zero-order valence-corrected chi connectivity index (χ0v) is 24.8. The van der Waals surface area contributed by atoms with Crippen molar-refractivity contribution in [1.29, 1.82) is 0 Å². The van der Waals surface area contributed by atoms with Crippen LogP contribution in [0.25, 0.3) is 10.8 Å². The number of hydrogen-bond donors (Lipinski definition) is 6. The van der Waals surface area contributed by atoms with Crippen molar-refractivity contribution in [3.8, 4) is 0 Å². The molecule has 0 aliphatic heterocycles. The van der Waals surface area contributed by atoms with Gasteiger partial charge in [-0.3, -0.25) is 18.6 Å². The highest BCUT2D eigenvalue weighted by molar-refractivity contribution is 7.99. The summed E-state index contributed by atoms with van der Waals surface area (Å²) < 4.78 is 100. The first-order valence-electron chi connectivity index (χ1n) is 11.1. The number of H-pyrrole nitrogens is 1. The van der Waals surface area contributed by atoms with E-state index in [0.717, 1.165) is 12.1 Å². The van der Waals surface area contributed by atoms with Crippen LogP contribution in [0.4, 0.5) is 23.0 Å². The molecule has 5 N–H and O–H groups in total. The van der Waals surface area contributed by atoms with Crippen molar-refractivity contribution in [3.63, 3.8) is 0 Å². The van der Waals surface area contributed by atoms with E-state index in [9.17, 15) is 43.7 Å². The average molecular weight is 675 g/mol. The van der Waals surface area contributed by atoms with E-state index in [1.807, 2.05) is 0 Å². The molecule has 4 rings (SSSR count). The lowest BCUT2D eigenvalue weighted by Crippen LogP contribution is -2.15. The molecule has 3 aromatic carbocycles. The second-order valence-corrected chi connectivity index (χ2v) is 13.8. The van der Waals surface area contributed by atoms with Crippen LogP contribution in [0.5, 0.6) is 0 Å². The highest BCUT2D eigenvalue weighted by Crippen LogP contribution is 2.36. The highest BCUT2D eigenvalue weighted by Gasteiger charge is 2.25. The topological polar surface area (TPSA) is 258 Å². The maximum absolute atomic E-state index is 12.1. The maximum Gasteiger partial charge on any atom is 0.350 e. The molecule has 0 spiro atoms. The third-order valence-corrected chi connectivity index (χ3v) is 9.16. The second-order valence-electron chi connectivity index (χ2n) is 8.11. The van der Waals surface area contributed by atoms with Crippen LogP contribution in [-0.2, 0) is 30.4 Å². The number of nitrogens with zero attached hydrogens (tertiary/aromatic N) is 4. The molecular formula is C21H18N6O10S5. The molecular weight excluding hydrogens is 657 g/mol. The van der Waals surface area contributed by atoms with Crippen molar-refractivity contribution < 1.29 is 38.9 Å². The van der Waals surface area contributed by atoms with Gasteiger partial charge in [-0.2, -0.15) is 58.1 Å². The number of nitrogens with one attached hydrogen (secondary N) is 2. The predicted octanol–water partition coefficient (Wildman–Crippen LogP) is 3.24. The molecule has 0 fully saturated rings. The van der Waals surface area contributed by atoms with E-state index in [4.69, 9.17) is 0 Å². The van der Waals surface area contributed by atoms with Gasteiger partial charge >= 0.3 is 5.69 Å². The number of aromatic nitrogens is 3. The Morgan fingerprint density at radius 3 is 2.00 bits per heavy atom. The number of thiol groups is 1. The molecule has 0 bridgehead atoms. The van der Waals surface area contributed by atoms with Crippen LogP contribution in [0.2, 0.25) is 0 Å². The van der Waals surface area contributed by atoms with Gasteiger partial charge in [0, 0.05) is 22.2 Å². The van der Waals surface area contributed by atoms with E-state index in [-0.39, 0.29) is 22.5 Å². The van der Waals surface area contributed by atoms with Crippen molar-refractivity contribution >= 4 is 88.5 Å². The van der Waals surface area contributed by atoms with E-state index in [1.165, 1.54) is 23.9 Å². The molecule has 0 aliphatic carbocycles. The van der Waals surface area contributed by atoms with Gasteiger partial charge in [0.05, 0.1) is 16.3 Å². The molecule has 0 atom stereocenters. The van der Waals surface area contributed by atoms with Crippen LogP contribution >= 0.6 is 24.4 Å². The van der Waals surface area contributed by atoms with Crippen molar-refractivity contribution in [2.24, 2.45) is 10.2 Å². The molecule has 0 saturated carbocycles. The largest absolute Gasteiger partial charge is 0.350 e. The van der Waals surface area contributed by atoms with Crippen molar-refractivity contribution in [3.05, 3.63) is 59.0 Å². The molecule has 0 saturated heterocycles. The van der Waals surface area contributed by atoms with Gasteiger partial charge in [0.15, 0.2) is 5.16 Å². The molecule has 4 aromatic rings. The number of azo groups is 1. The molecule has 0 radical (unpaired) electrons. The molecule has 1 heterocycles. The third kappa shape index (κ3) is 7.69. The SMILES string of the molecule is O=c1nc(SCCS)nc(Nc2ccc(N=Nc3cc(S(=O)(=O)O)c4cc(S(=O)(=O)O)cc(S(=O)(=O)O)c4c3)cc2)[nH]1. The van der Waals surface area contributed by atoms with E-state index in [1.54, 1.807) is 12.1 Å². The van der Waals surface area contributed by atoms with Crippen LogP contribution in [0.3, 0.4) is 0 Å². The van der Waals surface area contributed by atoms with Crippen molar-refractivity contribution in [2.45, 2.75) is 19.8 Å². The van der Waals surface area contributed by atoms with Gasteiger partial charge < -0.3 is 5.32 Å². The molecule has 1 aromatic heterocycles. The van der Waals surface area contributed by atoms with Gasteiger partial charge in [-0.05, 0) is 54.3 Å². The van der Waals surface area contributed by atoms with Gasteiger partial charge in [0.2, 0.25) is 5.95 Å². The number of fused-ring (bicyclic) bond motifs is 1. The van der Waals surface area contributed by atoms with Gasteiger partial charge in [-0.1, -0.05) is 11.8 Å². The lowest BCUT2D eigenvalue weighted by molar-refractivity contribution is 0.478. The Bertz CT molecular complexity index is 2100. The minimum Gasteiger partial charge on any atom is -0.326 e. The van der Waals surface area contributed by atoms with Crippen molar-refractivity contribution in [1.82, 2.24) is 15.0 Å². The quantitative estimate of drug-likeness (QED) is 0.0611. The summed E-state index contributed by atoms with van der Waals surface area (Å²) in [6.45, 7) is 0. The van der Waals surface area contributed by atoms with Crippen LogP contribution < -0.4 is 11.0 Å². The summed E-state index contributed by atoms with van der Waals surface area (Å²) in [7, 11) is -15.3. The number of thioether (sulfide) groups is 1. The highest BCUT2D eigenvalue weighted by atomic mass is 32.2. The first-order chi connectivity index (χ1) is 19.5. The number of rotatable bonds is 10. The normalized spacial score (nSPS) is 12.7. The first-order valence-corrected chi connectivity index (χ1v) is 17.0. The summed E-state index contributed by atoms with van der Waals surface area (Å²) >= 11 is 5.35. The Balaban J connectivity index is 1.71. The molecule has 42 heavy (non-hydrogen) atoms. The van der Waals surface area contributed by atoms with Crippen LogP contribution in [0.1, 0.15) is 0 Å². The molecule has 222 valence electrons. The summed E-state index contributed by atoms with van der Waals surface area (Å²) in [5, 5.41) is 9.80. The number of aromatic amines is 1. The fourth-order valence-corrected chi connectivity index (χ4v) is 6.38. The van der Waals surface area contributed by atoms with Gasteiger partial charge in [0.25, 0.3) is 30.4 Å². The average Bonchev–Trinajstić information content (AvgIpc) is 2.88. The Morgan fingerprint density at radius 1 is 0.810 bits per heavy atom. The summed E-state index contributed by atoms with van der Waals surface area (Å²) in [4.78, 5) is 19.1. The Morgan fingerprint density at radius 2 is 1.40 bits per heavy atom. The summed E-state index contributed by atoms with van der Waals surface area (Å²) in [5.41, 5.74) is -0.190. The van der Waals surface area contributed by atoms with E-state index >= 15 is 0 Å². The summed E-state index contributed by atoms with van der Waals surface area (Å²) in [5.74, 6) is 1.29. The summed E-state index contributed by atoms with van der Waals surface area (Å²) in [6.07, 6.45) is 0. The summed E-state index contributed by atoms with van der Waals surface area (Å²) in [6, 6.07) is 8.85. The molecule has 0 unspecified atom stereocenters. The Labute approximate surface area is 247 Å². The van der Waals surface area contributed by atoms with Crippen LogP contribution in [0.15, 0.2) is 83.4 Å². The van der Waals surface area contributed by atoms with Crippen molar-refractivity contribution in [2.75, 3.05) is 16.8 Å². The Kier molecular flexibility index (Phi) is 9.03. The molecule has 0 amide bonds. The third-order valence-electron chi connectivity index (χ3n) is 5.17. The fourth-order valence-electron chi connectivity index (χ4n) is 3.48. The maximum atomic E-state index is 12.1. The van der Waals surface area contributed by atoms with Gasteiger partial charge in [-0.25, -0.2) is 4.79 Å². The molecule has 0 aliphatic rings. The number of benzene rings is 3. The standard InChI is InChI=1S/C21H18N6O10S5/c28-20-23-19(24-21(25-20)39-6-5-38)22-11-1-3-12(4-2-11)26-27-13-7-15-16(17(8-13)41(32,33)34)9-14(40(29,30)31)10-18(15)42(35,36)37/h1-4,7-10,38H,5-6H2,(H,29,30,31)(H,32,33,34)(H,35,36,37)(H2,22,23,24,25,28). The van der Waals surface area contributed by atoms with Crippen LogP contribution in [-0.4, -0.2) is 65.4 Å². The van der Waals surface area contributed by atoms with E-state index in [2.05, 4.69) is 43.1 Å². The lowest BCUT2D eigenvalue weighted by Gasteiger charge is -2.11. The smallest absolute Gasteiger partial charge is 0.326 e. The molecule has 16 nitrogen and oxygen atoms in total. The van der Waals surface area contributed by atoms with E-state index < -0.39 is 61.5 Å². The molecule has 21 heteroatoms. The number of anilines is 2. The number of hydrogen-bond acceptors (Lipinski definition) is 14. The minimum absolute atomic E-state index is 0.131. The first kappa shape index (κ1) is 31.5. The monoisotopic (exact) mass is 674 g/mol. The second kappa shape index (κ2) is 12.0. The zero-order chi connectivity index (χ0) is 30.9. The zero-order valence-electron chi connectivity index (χ0n) is 20.6. The lowest BCUT2D eigenvalue weighted by atomic mass is 10.1. The minimum atomic E-state index is -5.17. The fraction of sp³-hybridized carbons (Fsp3) is 0.0952. The Hall–Kier alpha value is -3.44. The van der Waals surface area contributed by atoms with Crippen LogP contribution in [0, 0.1) is 0 Å². The van der Waals surface area contributed by atoms with E-state index in [0.29, 0.717) is 29.3 Å².